The molecule has 1 aromatic heterocycles. The Morgan fingerprint density at radius 2 is 2.04 bits per heavy atom. The molecule has 0 radical (unpaired) electrons. The number of methoxy groups -OCH3 is 1. The zero-order valence-electron chi connectivity index (χ0n) is 13.7. The number of halogens is 3. The molecule has 0 spiro atoms. The molecular formula is C16H18BrF2N3O2S. The van der Waals surface area contributed by atoms with Crippen LogP contribution in [-0.2, 0) is 13.1 Å². The number of rotatable bonds is 7. The first kappa shape index (κ1) is 19.5. The van der Waals surface area contributed by atoms with Gasteiger partial charge in [0.25, 0.3) is 0 Å². The lowest BCUT2D eigenvalue weighted by Crippen LogP contribution is -2.36. The van der Waals surface area contributed by atoms with E-state index < -0.39 is 6.61 Å². The van der Waals surface area contributed by atoms with Crippen molar-refractivity contribution in [2.45, 2.75) is 19.7 Å². The minimum Gasteiger partial charge on any atom is -0.497 e. The van der Waals surface area contributed by atoms with Crippen molar-refractivity contribution in [3.05, 3.63) is 44.6 Å². The summed E-state index contributed by atoms with van der Waals surface area (Å²) in [7, 11) is 3.15. The van der Waals surface area contributed by atoms with Crippen LogP contribution in [0.15, 0.2) is 39.1 Å². The molecule has 0 amide bonds. The molecule has 1 heterocycles. The first-order chi connectivity index (χ1) is 12.0. The van der Waals surface area contributed by atoms with Crippen molar-refractivity contribution in [1.29, 1.82) is 0 Å². The first-order valence-corrected chi connectivity index (χ1v) is 8.98. The van der Waals surface area contributed by atoms with E-state index in [2.05, 4.69) is 36.3 Å². The summed E-state index contributed by atoms with van der Waals surface area (Å²) in [5.41, 5.74) is 0.543. The van der Waals surface area contributed by atoms with E-state index in [0.717, 1.165) is 9.35 Å². The molecule has 136 valence electrons. The monoisotopic (exact) mass is 433 g/mol. The fourth-order valence-corrected chi connectivity index (χ4v) is 3.44. The van der Waals surface area contributed by atoms with E-state index in [4.69, 9.17) is 4.74 Å². The number of aliphatic imine (C=N–C) groups is 1. The predicted molar refractivity (Wildman–Crippen MR) is 98.7 cm³/mol. The van der Waals surface area contributed by atoms with Crippen molar-refractivity contribution in [1.82, 2.24) is 10.6 Å². The molecule has 9 heteroatoms. The largest absolute Gasteiger partial charge is 0.497 e. The zero-order valence-corrected chi connectivity index (χ0v) is 16.1. The predicted octanol–water partition coefficient (Wildman–Crippen LogP) is 3.99. The van der Waals surface area contributed by atoms with Crippen molar-refractivity contribution in [2.75, 3.05) is 14.2 Å². The maximum Gasteiger partial charge on any atom is 0.387 e. The lowest BCUT2D eigenvalue weighted by atomic mass is 10.2. The number of hydrogen-bond donors (Lipinski definition) is 2. The van der Waals surface area contributed by atoms with Crippen molar-refractivity contribution in [3.63, 3.8) is 0 Å². The quantitative estimate of drug-likeness (QED) is 0.511. The molecule has 0 fully saturated rings. The first-order valence-electron chi connectivity index (χ1n) is 7.31. The molecule has 0 atom stereocenters. The van der Waals surface area contributed by atoms with E-state index in [9.17, 15) is 8.78 Å². The summed E-state index contributed by atoms with van der Waals surface area (Å²) < 4.78 is 35.8. The highest BCUT2D eigenvalue weighted by atomic mass is 79.9. The lowest BCUT2D eigenvalue weighted by Gasteiger charge is -2.15. The number of hydrogen-bond acceptors (Lipinski definition) is 4. The summed E-state index contributed by atoms with van der Waals surface area (Å²) in [6.07, 6.45) is 0. The van der Waals surface area contributed by atoms with Gasteiger partial charge in [-0.05, 0) is 40.2 Å². The standard InChI is InChI=1S/C16H18BrF2N3O2S/c1-20-16(22-8-13-6-11(17)9-25-13)21-7-10-5-12(23-2)3-4-14(10)24-15(18)19/h3-6,9,15H,7-8H2,1-2H3,(H2,20,21,22). The van der Waals surface area contributed by atoms with E-state index in [1.807, 2.05) is 11.4 Å². The lowest BCUT2D eigenvalue weighted by molar-refractivity contribution is -0.0504. The van der Waals surface area contributed by atoms with Gasteiger partial charge in [0.05, 0.1) is 13.7 Å². The van der Waals surface area contributed by atoms with Gasteiger partial charge in [-0.3, -0.25) is 4.99 Å². The van der Waals surface area contributed by atoms with Crippen LogP contribution in [0.25, 0.3) is 0 Å². The highest BCUT2D eigenvalue weighted by Gasteiger charge is 2.11. The molecule has 0 saturated carbocycles. The third-order valence-electron chi connectivity index (χ3n) is 3.21. The Kier molecular flexibility index (Phi) is 7.45. The average Bonchev–Trinajstić information content (AvgIpc) is 3.01. The van der Waals surface area contributed by atoms with Crippen molar-refractivity contribution in [2.24, 2.45) is 4.99 Å². The number of nitrogens with zero attached hydrogens (tertiary/aromatic N) is 1. The van der Waals surface area contributed by atoms with Gasteiger partial charge in [0, 0.05) is 33.9 Å². The molecule has 0 bridgehead atoms. The van der Waals surface area contributed by atoms with Gasteiger partial charge in [0.2, 0.25) is 0 Å². The number of nitrogens with one attached hydrogen (secondary N) is 2. The van der Waals surface area contributed by atoms with Crippen LogP contribution in [0.2, 0.25) is 0 Å². The van der Waals surface area contributed by atoms with Crippen LogP contribution >= 0.6 is 27.3 Å². The molecule has 5 nitrogen and oxygen atoms in total. The molecule has 25 heavy (non-hydrogen) atoms. The molecule has 0 aliphatic rings. The van der Waals surface area contributed by atoms with Crippen LogP contribution < -0.4 is 20.1 Å². The Hall–Kier alpha value is -1.87. The maximum absolute atomic E-state index is 12.5. The second-order valence-corrected chi connectivity index (χ2v) is 6.77. The van der Waals surface area contributed by atoms with Crippen molar-refractivity contribution < 1.29 is 18.3 Å². The Balaban J connectivity index is 1.99. The van der Waals surface area contributed by atoms with Gasteiger partial charge < -0.3 is 20.1 Å². The third kappa shape index (κ3) is 6.17. The number of alkyl halides is 2. The minimum atomic E-state index is -2.89. The Morgan fingerprint density at radius 1 is 1.28 bits per heavy atom. The van der Waals surface area contributed by atoms with E-state index in [-0.39, 0.29) is 12.3 Å². The van der Waals surface area contributed by atoms with E-state index in [0.29, 0.717) is 23.8 Å². The van der Waals surface area contributed by atoms with Gasteiger partial charge in [-0.2, -0.15) is 8.78 Å². The van der Waals surface area contributed by atoms with Crippen molar-refractivity contribution in [3.8, 4) is 11.5 Å². The molecule has 0 unspecified atom stereocenters. The summed E-state index contributed by atoms with van der Waals surface area (Å²) in [6, 6.07) is 6.69. The maximum atomic E-state index is 12.5. The van der Waals surface area contributed by atoms with E-state index in [1.165, 1.54) is 13.2 Å². The van der Waals surface area contributed by atoms with Crippen LogP contribution in [0.4, 0.5) is 8.78 Å². The Morgan fingerprint density at radius 3 is 2.64 bits per heavy atom. The summed E-state index contributed by atoms with van der Waals surface area (Å²) >= 11 is 5.03. The third-order valence-corrected chi connectivity index (χ3v) is 4.90. The van der Waals surface area contributed by atoms with Gasteiger partial charge in [-0.25, -0.2) is 0 Å². The van der Waals surface area contributed by atoms with Gasteiger partial charge in [0.1, 0.15) is 11.5 Å². The zero-order chi connectivity index (χ0) is 18.2. The summed E-state index contributed by atoms with van der Waals surface area (Å²) in [5.74, 6) is 1.21. The van der Waals surface area contributed by atoms with Gasteiger partial charge in [0.15, 0.2) is 5.96 Å². The van der Waals surface area contributed by atoms with Crippen molar-refractivity contribution >= 4 is 33.2 Å². The van der Waals surface area contributed by atoms with Crippen LogP contribution in [0.5, 0.6) is 11.5 Å². The summed E-state index contributed by atoms with van der Waals surface area (Å²) in [5, 5.41) is 8.24. The Bertz CT molecular complexity index is 725. The van der Waals surface area contributed by atoms with Crippen LogP contribution in [0.3, 0.4) is 0 Å². The summed E-state index contributed by atoms with van der Waals surface area (Å²) in [4.78, 5) is 5.26. The number of guanidine groups is 1. The number of benzene rings is 1. The number of ether oxygens (including phenoxy) is 2. The molecule has 2 aromatic rings. The van der Waals surface area contributed by atoms with Crippen LogP contribution in [0.1, 0.15) is 10.4 Å². The Labute approximate surface area is 157 Å². The van der Waals surface area contributed by atoms with Gasteiger partial charge >= 0.3 is 6.61 Å². The SMILES string of the molecule is CN=C(NCc1cc(Br)cs1)NCc1cc(OC)ccc1OC(F)F. The molecular weight excluding hydrogens is 416 g/mol. The van der Waals surface area contributed by atoms with Crippen LogP contribution in [-0.4, -0.2) is 26.7 Å². The molecule has 2 N–H and O–H groups in total. The molecule has 0 aliphatic heterocycles. The van der Waals surface area contributed by atoms with E-state index >= 15 is 0 Å². The summed E-state index contributed by atoms with van der Waals surface area (Å²) in [6.45, 7) is -2.02. The minimum absolute atomic E-state index is 0.0981. The molecule has 2 rings (SSSR count). The van der Waals surface area contributed by atoms with Gasteiger partial charge in [-0.15, -0.1) is 11.3 Å². The second-order valence-electron chi connectivity index (χ2n) is 4.86. The normalized spacial score (nSPS) is 11.5. The fourth-order valence-electron chi connectivity index (χ4n) is 2.05. The number of thiophene rings is 1. The smallest absolute Gasteiger partial charge is 0.387 e. The molecule has 0 saturated heterocycles. The van der Waals surface area contributed by atoms with E-state index in [1.54, 1.807) is 30.5 Å². The second kappa shape index (κ2) is 9.57. The average molecular weight is 434 g/mol. The highest BCUT2D eigenvalue weighted by Crippen LogP contribution is 2.25. The fraction of sp³-hybridized carbons (Fsp3) is 0.312. The van der Waals surface area contributed by atoms with Crippen LogP contribution in [0, 0.1) is 0 Å². The topological polar surface area (TPSA) is 54.9 Å². The molecule has 0 aliphatic carbocycles. The van der Waals surface area contributed by atoms with Gasteiger partial charge in [-0.1, -0.05) is 0 Å². The highest BCUT2D eigenvalue weighted by molar-refractivity contribution is 9.10. The molecule has 1 aromatic carbocycles.